The molecule has 0 radical (unpaired) electrons. The first-order valence-electron chi connectivity index (χ1n) is 10.4. The molecular weight excluding hydrogens is 408 g/mol. The van der Waals surface area contributed by atoms with Crippen molar-refractivity contribution in [3.8, 4) is 0 Å². The fourth-order valence-electron chi connectivity index (χ4n) is 3.57. The maximum absolute atomic E-state index is 13.9. The Morgan fingerprint density at radius 1 is 0.871 bits per heavy atom. The zero-order valence-electron chi connectivity index (χ0n) is 18.0. The highest BCUT2D eigenvalue weighted by Crippen LogP contribution is 2.28. The van der Waals surface area contributed by atoms with E-state index in [1.807, 2.05) is 62.4 Å². The van der Waals surface area contributed by atoms with Gasteiger partial charge in [0.05, 0.1) is 12.2 Å². The number of rotatable bonds is 7. The molecule has 0 unspecified atom stereocenters. The first-order chi connectivity index (χ1) is 14.9. The summed E-state index contributed by atoms with van der Waals surface area (Å²) in [5.74, 6) is 0.726. The molecule has 31 heavy (non-hydrogen) atoms. The largest absolute Gasteiger partial charge is 0.285 e. The summed E-state index contributed by atoms with van der Waals surface area (Å²) in [5.41, 5.74) is 4.17. The van der Waals surface area contributed by atoms with Gasteiger partial charge in [-0.25, -0.2) is 8.42 Å². The molecule has 0 amide bonds. The molecule has 0 saturated carbocycles. The normalized spacial score (nSPS) is 11.7. The Morgan fingerprint density at radius 3 is 2.19 bits per heavy atom. The highest BCUT2D eigenvalue weighted by atomic mass is 32.2. The van der Waals surface area contributed by atoms with Crippen LogP contribution in [-0.2, 0) is 29.4 Å². The summed E-state index contributed by atoms with van der Waals surface area (Å²) in [6.45, 7) is 6.28. The molecule has 0 N–H and O–H groups in total. The van der Waals surface area contributed by atoms with Crippen molar-refractivity contribution in [2.75, 3.05) is 4.31 Å². The van der Waals surface area contributed by atoms with Gasteiger partial charge in [-0.2, -0.15) is 0 Å². The molecule has 7 heteroatoms. The minimum absolute atomic E-state index is 0.147. The van der Waals surface area contributed by atoms with Crippen LogP contribution in [0, 0.1) is 6.92 Å². The first kappa shape index (κ1) is 21.1. The van der Waals surface area contributed by atoms with E-state index in [1.165, 1.54) is 4.31 Å². The summed E-state index contributed by atoms with van der Waals surface area (Å²) in [6.07, 6.45) is 3.35. The van der Waals surface area contributed by atoms with Gasteiger partial charge in [0.25, 0.3) is 10.0 Å². The predicted octanol–water partition coefficient (Wildman–Crippen LogP) is 4.56. The Morgan fingerprint density at radius 2 is 1.55 bits per heavy atom. The molecule has 2 aromatic heterocycles. The van der Waals surface area contributed by atoms with Crippen molar-refractivity contribution in [1.82, 2.24) is 14.6 Å². The number of aryl methyl sites for hydroxylation is 3. The van der Waals surface area contributed by atoms with Crippen LogP contribution in [0.3, 0.4) is 0 Å². The lowest BCUT2D eigenvalue weighted by molar-refractivity contribution is 0.590. The van der Waals surface area contributed by atoms with Gasteiger partial charge in [-0.05, 0) is 48.7 Å². The van der Waals surface area contributed by atoms with Crippen molar-refractivity contribution in [3.63, 3.8) is 0 Å². The molecule has 2 heterocycles. The average molecular weight is 435 g/mol. The fourth-order valence-corrected chi connectivity index (χ4v) is 5.15. The third-order valence-electron chi connectivity index (χ3n) is 5.43. The van der Waals surface area contributed by atoms with Crippen LogP contribution >= 0.6 is 0 Å². The van der Waals surface area contributed by atoms with Crippen molar-refractivity contribution >= 4 is 21.4 Å². The van der Waals surface area contributed by atoms with Crippen LogP contribution < -0.4 is 4.31 Å². The van der Waals surface area contributed by atoms with E-state index < -0.39 is 10.0 Å². The molecule has 0 fully saturated rings. The monoisotopic (exact) mass is 434 g/mol. The Hall–Kier alpha value is -3.19. The zero-order valence-corrected chi connectivity index (χ0v) is 18.8. The van der Waals surface area contributed by atoms with E-state index in [0.717, 1.165) is 28.9 Å². The number of sulfonamides is 1. The van der Waals surface area contributed by atoms with Crippen LogP contribution in [0.1, 0.15) is 36.4 Å². The predicted molar refractivity (Wildman–Crippen MR) is 123 cm³/mol. The van der Waals surface area contributed by atoms with Gasteiger partial charge in [0.1, 0.15) is 10.7 Å². The quantitative estimate of drug-likeness (QED) is 0.428. The lowest BCUT2D eigenvalue weighted by atomic mass is 10.1. The highest BCUT2D eigenvalue weighted by Gasteiger charge is 2.29. The number of hydrogen-bond donors (Lipinski definition) is 0. The molecule has 6 nitrogen and oxygen atoms in total. The standard InChI is InChI=1S/C24H26N4O2S/c1-4-19-12-14-21(15-13-19)28(17-20-10-8-18(3)9-11-20)31(29,30)22-7-6-16-27-23(5-2)25-26-24(22)27/h6-16H,4-5,17H2,1-3H3. The van der Waals surface area contributed by atoms with E-state index in [-0.39, 0.29) is 11.4 Å². The molecule has 2 aromatic carbocycles. The lowest BCUT2D eigenvalue weighted by Crippen LogP contribution is -2.31. The van der Waals surface area contributed by atoms with Crippen LogP contribution in [0.15, 0.2) is 71.8 Å². The van der Waals surface area contributed by atoms with E-state index in [4.69, 9.17) is 0 Å². The number of aromatic nitrogens is 3. The SMILES string of the molecule is CCc1ccc(N(Cc2ccc(C)cc2)S(=O)(=O)c2cccn3c(CC)nnc23)cc1. The van der Waals surface area contributed by atoms with Crippen LogP contribution in [-0.4, -0.2) is 23.0 Å². The maximum Gasteiger partial charge on any atom is 0.268 e. The topological polar surface area (TPSA) is 67.6 Å². The van der Waals surface area contributed by atoms with Crippen molar-refractivity contribution in [2.45, 2.75) is 45.1 Å². The molecule has 0 bridgehead atoms. The van der Waals surface area contributed by atoms with Gasteiger partial charge < -0.3 is 0 Å². The summed E-state index contributed by atoms with van der Waals surface area (Å²) in [4.78, 5) is 0.147. The Balaban J connectivity index is 1.85. The highest BCUT2D eigenvalue weighted by molar-refractivity contribution is 7.93. The Labute approximate surface area is 183 Å². The van der Waals surface area contributed by atoms with Crippen LogP contribution in [0.25, 0.3) is 5.65 Å². The molecule has 0 spiro atoms. The van der Waals surface area contributed by atoms with Gasteiger partial charge in [0, 0.05) is 12.6 Å². The van der Waals surface area contributed by atoms with E-state index in [0.29, 0.717) is 17.8 Å². The average Bonchev–Trinajstić information content (AvgIpc) is 3.22. The second-order valence-electron chi connectivity index (χ2n) is 7.55. The Bertz CT molecular complexity index is 1290. The fraction of sp³-hybridized carbons (Fsp3) is 0.250. The molecule has 0 aliphatic carbocycles. The van der Waals surface area contributed by atoms with Gasteiger partial charge in [0.15, 0.2) is 5.65 Å². The minimum Gasteiger partial charge on any atom is -0.285 e. The number of nitrogens with zero attached hydrogens (tertiary/aromatic N) is 4. The third-order valence-corrected chi connectivity index (χ3v) is 7.23. The van der Waals surface area contributed by atoms with Gasteiger partial charge in [0.2, 0.25) is 0 Å². The van der Waals surface area contributed by atoms with Crippen LogP contribution in [0.2, 0.25) is 0 Å². The Kier molecular flexibility index (Phi) is 5.78. The summed E-state index contributed by atoms with van der Waals surface area (Å²) in [5, 5.41) is 8.35. The number of pyridine rings is 1. The van der Waals surface area contributed by atoms with E-state index >= 15 is 0 Å². The first-order valence-corrected chi connectivity index (χ1v) is 11.9. The van der Waals surface area contributed by atoms with Crippen molar-refractivity contribution < 1.29 is 8.42 Å². The molecule has 0 atom stereocenters. The zero-order chi connectivity index (χ0) is 22.0. The smallest absolute Gasteiger partial charge is 0.268 e. The lowest BCUT2D eigenvalue weighted by Gasteiger charge is -2.25. The second kappa shape index (κ2) is 8.51. The molecule has 4 rings (SSSR count). The molecule has 0 aliphatic rings. The molecule has 4 aromatic rings. The maximum atomic E-state index is 13.9. The molecule has 160 valence electrons. The number of benzene rings is 2. The van der Waals surface area contributed by atoms with E-state index in [9.17, 15) is 8.42 Å². The number of fused-ring (bicyclic) bond motifs is 1. The van der Waals surface area contributed by atoms with E-state index in [1.54, 1.807) is 22.7 Å². The minimum atomic E-state index is -3.89. The molecule has 0 saturated heterocycles. The van der Waals surface area contributed by atoms with Gasteiger partial charge in [-0.3, -0.25) is 8.71 Å². The number of hydrogen-bond acceptors (Lipinski definition) is 4. The summed E-state index contributed by atoms with van der Waals surface area (Å²) < 4.78 is 31.0. The van der Waals surface area contributed by atoms with Crippen LogP contribution in [0.5, 0.6) is 0 Å². The van der Waals surface area contributed by atoms with Crippen LogP contribution in [0.4, 0.5) is 5.69 Å². The van der Waals surface area contributed by atoms with Gasteiger partial charge in [-0.1, -0.05) is 55.8 Å². The summed E-state index contributed by atoms with van der Waals surface area (Å²) in [6, 6.07) is 18.9. The summed E-state index contributed by atoms with van der Waals surface area (Å²) in [7, 11) is -3.89. The van der Waals surface area contributed by atoms with Crippen molar-refractivity contribution in [3.05, 3.63) is 89.4 Å². The summed E-state index contributed by atoms with van der Waals surface area (Å²) >= 11 is 0. The van der Waals surface area contributed by atoms with E-state index in [2.05, 4.69) is 17.1 Å². The third kappa shape index (κ3) is 4.05. The van der Waals surface area contributed by atoms with Gasteiger partial charge in [-0.15, -0.1) is 10.2 Å². The second-order valence-corrected chi connectivity index (χ2v) is 9.38. The van der Waals surface area contributed by atoms with Crippen molar-refractivity contribution in [1.29, 1.82) is 0 Å². The molecule has 0 aliphatic heterocycles. The van der Waals surface area contributed by atoms with Crippen molar-refractivity contribution in [2.24, 2.45) is 0 Å². The van der Waals surface area contributed by atoms with Gasteiger partial charge >= 0.3 is 0 Å². The molecular formula is C24H26N4O2S. The number of anilines is 1.